The van der Waals surface area contributed by atoms with Gasteiger partial charge in [0.25, 0.3) is 0 Å². The van der Waals surface area contributed by atoms with E-state index in [1.165, 1.54) is 12.1 Å². The molecule has 0 fully saturated rings. The van der Waals surface area contributed by atoms with Crippen molar-refractivity contribution in [2.24, 2.45) is 0 Å². The Labute approximate surface area is 75.1 Å². The minimum absolute atomic E-state index is 0.0459. The number of nitrogens with zero attached hydrogens (tertiary/aromatic N) is 2. The van der Waals surface area contributed by atoms with E-state index in [9.17, 15) is 10.1 Å². The number of nitro benzene ring substituents is 1. The van der Waals surface area contributed by atoms with E-state index in [1.54, 1.807) is 12.1 Å². The number of hydrogen-bond acceptors (Lipinski definition) is 3. The van der Waals surface area contributed by atoms with Gasteiger partial charge in [0.1, 0.15) is 0 Å². The first-order valence-electron chi connectivity index (χ1n) is 3.04. The molecule has 1 aromatic rings. The molecule has 0 heterocycles. The summed E-state index contributed by atoms with van der Waals surface area (Å²) in [5.41, 5.74) is 0.0459. The third kappa shape index (κ3) is 2.06. The number of rotatable bonds is 2. The van der Waals surface area contributed by atoms with Crippen molar-refractivity contribution in [1.29, 1.82) is 5.26 Å². The topological polar surface area (TPSA) is 66.9 Å². The fraction of sp³-hybridized carbons (Fsp3) is 0. The number of hydrogen-bond donors (Lipinski definition) is 0. The van der Waals surface area contributed by atoms with Gasteiger partial charge in [0.05, 0.1) is 0 Å². The van der Waals surface area contributed by atoms with Gasteiger partial charge in [-0.2, -0.15) is 0 Å². The first-order valence-corrected chi connectivity index (χ1v) is 4.76. The SMILES string of the molecule is N#C[Se]c1cccc([N+](=O)[O-])c1. The van der Waals surface area contributed by atoms with E-state index in [0.717, 1.165) is 4.46 Å². The summed E-state index contributed by atoms with van der Waals surface area (Å²) < 4.78 is 0.735. The second-order valence-corrected chi connectivity index (χ2v) is 3.75. The van der Waals surface area contributed by atoms with Crippen molar-refractivity contribution in [2.45, 2.75) is 0 Å². The standard InChI is InChI=1S/C7H4N2O2Se/c8-5-12-7-3-1-2-6(4-7)9(10)11/h1-4H. The summed E-state index contributed by atoms with van der Waals surface area (Å²) in [4.78, 5) is 11.8. The molecule has 0 aliphatic carbocycles. The molecular weight excluding hydrogens is 223 g/mol. The van der Waals surface area contributed by atoms with Crippen LogP contribution in [0.4, 0.5) is 5.69 Å². The van der Waals surface area contributed by atoms with Gasteiger partial charge in [-0.25, -0.2) is 0 Å². The van der Waals surface area contributed by atoms with Gasteiger partial charge in [-0.15, -0.1) is 0 Å². The zero-order chi connectivity index (χ0) is 8.97. The van der Waals surface area contributed by atoms with Crippen molar-refractivity contribution in [1.82, 2.24) is 0 Å². The van der Waals surface area contributed by atoms with Crippen LogP contribution in [0.3, 0.4) is 0 Å². The average molecular weight is 227 g/mol. The van der Waals surface area contributed by atoms with Gasteiger partial charge in [0, 0.05) is 0 Å². The van der Waals surface area contributed by atoms with Crippen LogP contribution in [0.25, 0.3) is 0 Å². The van der Waals surface area contributed by atoms with Gasteiger partial charge >= 0.3 is 74.6 Å². The van der Waals surface area contributed by atoms with Gasteiger partial charge in [0.2, 0.25) is 0 Å². The quantitative estimate of drug-likeness (QED) is 0.417. The minimum atomic E-state index is -0.461. The molecule has 0 aliphatic heterocycles. The molecule has 60 valence electrons. The molecule has 4 nitrogen and oxygen atoms in total. The molecule has 1 rings (SSSR count). The van der Waals surface area contributed by atoms with E-state index in [1.807, 2.05) is 4.97 Å². The Kier molecular flexibility index (Phi) is 2.81. The molecule has 0 atom stereocenters. The second kappa shape index (κ2) is 3.86. The molecule has 1 aromatic carbocycles. The summed E-state index contributed by atoms with van der Waals surface area (Å²) >= 11 is -0.313. The van der Waals surface area contributed by atoms with Crippen LogP contribution in [0.5, 0.6) is 0 Å². The Morgan fingerprint density at radius 1 is 1.58 bits per heavy atom. The third-order valence-corrected chi connectivity index (χ3v) is 2.41. The molecule has 0 spiro atoms. The molecule has 0 saturated carbocycles. The molecule has 0 bridgehead atoms. The fourth-order valence-corrected chi connectivity index (χ4v) is 1.62. The molecule has 0 N–H and O–H groups in total. The first kappa shape index (κ1) is 8.72. The Morgan fingerprint density at radius 2 is 2.33 bits per heavy atom. The van der Waals surface area contributed by atoms with E-state index in [2.05, 4.69) is 0 Å². The van der Waals surface area contributed by atoms with Crippen molar-refractivity contribution in [3.8, 4) is 4.97 Å². The fourth-order valence-electron chi connectivity index (χ4n) is 0.713. The molecular formula is C7H4N2O2Se. The predicted octanol–water partition coefficient (Wildman–Crippen LogP) is 0.405. The van der Waals surface area contributed by atoms with Crippen molar-refractivity contribution in [3.63, 3.8) is 0 Å². The number of nitro groups is 1. The first-order chi connectivity index (χ1) is 5.74. The molecule has 5 heteroatoms. The summed E-state index contributed by atoms with van der Waals surface area (Å²) in [6.45, 7) is 0. The van der Waals surface area contributed by atoms with Crippen LogP contribution in [-0.4, -0.2) is 19.9 Å². The van der Waals surface area contributed by atoms with Crippen LogP contribution in [0.15, 0.2) is 24.3 Å². The van der Waals surface area contributed by atoms with Gasteiger partial charge in [-0.05, 0) is 0 Å². The van der Waals surface area contributed by atoms with Gasteiger partial charge < -0.3 is 0 Å². The van der Waals surface area contributed by atoms with Gasteiger partial charge in [-0.1, -0.05) is 0 Å². The Hall–Kier alpha value is -1.37. The van der Waals surface area contributed by atoms with Crippen LogP contribution in [-0.2, 0) is 0 Å². The Balaban J connectivity index is 2.97. The molecule has 0 aromatic heterocycles. The molecule has 0 saturated heterocycles. The van der Waals surface area contributed by atoms with E-state index in [-0.39, 0.29) is 20.6 Å². The van der Waals surface area contributed by atoms with E-state index < -0.39 is 4.92 Å². The van der Waals surface area contributed by atoms with Crippen LogP contribution >= 0.6 is 0 Å². The third-order valence-electron chi connectivity index (χ3n) is 1.19. The summed E-state index contributed by atoms with van der Waals surface area (Å²) in [7, 11) is 0. The van der Waals surface area contributed by atoms with Crippen molar-refractivity contribution < 1.29 is 4.92 Å². The molecule has 0 aliphatic rings. The zero-order valence-corrected chi connectivity index (χ0v) is 7.64. The summed E-state index contributed by atoms with van der Waals surface area (Å²) in [6.07, 6.45) is 0. The normalized spacial score (nSPS) is 8.92. The molecule has 0 unspecified atom stereocenters. The summed E-state index contributed by atoms with van der Waals surface area (Å²) in [5, 5.41) is 18.6. The monoisotopic (exact) mass is 228 g/mol. The second-order valence-electron chi connectivity index (χ2n) is 1.95. The Morgan fingerprint density at radius 3 is 2.92 bits per heavy atom. The zero-order valence-electron chi connectivity index (χ0n) is 5.93. The van der Waals surface area contributed by atoms with Crippen LogP contribution in [0.2, 0.25) is 0 Å². The van der Waals surface area contributed by atoms with Crippen LogP contribution < -0.4 is 4.46 Å². The maximum absolute atomic E-state index is 10.3. The van der Waals surface area contributed by atoms with Gasteiger partial charge in [0.15, 0.2) is 0 Å². The van der Waals surface area contributed by atoms with E-state index in [4.69, 9.17) is 5.26 Å². The van der Waals surface area contributed by atoms with Crippen molar-refractivity contribution in [3.05, 3.63) is 34.4 Å². The molecule has 0 radical (unpaired) electrons. The van der Waals surface area contributed by atoms with Gasteiger partial charge in [-0.3, -0.25) is 0 Å². The number of benzene rings is 1. The maximum atomic E-state index is 10.3. The van der Waals surface area contributed by atoms with Crippen LogP contribution in [0, 0.1) is 20.3 Å². The average Bonchev–Trinajstić information content (AvgIpc) is 2.05. The Bertz CT molecular complexity index is 346. The molecule has 0 amide bonds. The van der Waals surface area contributed by atoms with E-state index >= 15 is 0 Å². The van der Waals surface area contributed by atoms with Crippen molar-refractivity contribution in [2.75, 3.05) is 0 Å². The van der Waals surface area contributed by atoms with Crippen LogP contribution in [0.1, 0.15) is 0 Å². The number of nitriles is 1. The predicted molar refractivity (Wildman–Crippen MR) is 44.1 cm³/mol. The van der Waals surface area contributed by atoms with E-state index in [0.29, 0.717) is 0 Å². The van der Waals surface area contributed by atoms with Crippen molar-refractivity contribution >= 4 is 25.1 Å². The summed E-state index contributed by atoms with van der Waals surface area (Å²) in [6, 6.07) is 6.16. The molecule has 12 heavy (non-hydrogen) atoms. The number of non-ortho nitro benzene ring substituents is 1. The summed E-state index contributed by atoms with van der Waals surface area (Å²) in [5.74, 6) is 0.